The molecule has 1 atom stereocenters. The average molecular weight is 341 g/mol. The van der Waals surface area contributed by atoms with Crippen molar-refractivity contribution in [2.24, 2.45) is 0 Å². The highest BCUT2D eigenvalue weighted by molar-refractivity contribution is 5.96. The minimum atomic E-state index is -0.00404. The smallest absolute Gasteiger partial charge is 0.255 e. The van der Waals surface area contributed by atoms with Gasteiger partial charge in [-0.2, -0.15) is 5.26 Å². The van der Waals surface area contributed by atoms with Crippen molar-refractivity contribution in [2.75, 3.05) is 39.9 Å². The van der Waals surface area contributed by atoms with Crippen molar-refractivity contribution in [3.05, 3.63) is 35.4 Å². The lowest BCUT2D eigenvalue weighted by Gasteiger charge is -2.38. The molecule has 1 aromatic carbocycles. The Morgan fingerprint density at radius 1 is 1.20 bits per heavy atom. The molecule has 1 spiro atoms. The molecule has 2 aliphatic rings. The maximum Gasteiger partial charge on any atom is 0.255 e. The predicted molar refractivity (Wildman–Crippen MR) is 96.3 cm³/mol. The van der Waals surface area contributed by atoms with Crippen LogP contribution in [0.3, 0.4) is 0 Å². The van der Waals surface area contributed by atoms with Crippen LogP contribution in [0.15, 0.2) is 24.3 Å². The van der Waals surface area contributed by atoms with Gasteiger partial charge >= 0.3 is 0 Å². The molecule has 2 fully saturated rings. The fraction of sp³-hybridized carbons (Fsp3) is 0.600. The monoisotopic (exact) mass is 341 g/mol. The molecule has 2 saturated heterocycles. The lowest BCUT2D eigenvalue weighted by atomic mass is 9.88. The van der Waals surface area contributed by atoms with Crippen LogP contribution in [0.5, 0.6) is 0 Å². The predicted octanol–water partition coefficient (Wildman–Crippen LogP) is 2.67. The van der Waals surface area contributed by atoms with Crippen LogP contribution >= 0.6 is 0 Å². The van der Waals surface area contributed by atoms with E-state index in [9.17, 15) is 10.1 Å². The average Bonchev–Trinajstić information content (AvgIpc) is 2.90. The minimum Gasteiger partial charge on any atom is -0.383 e. The van der Waals surface area contributed by atoms with E-state index in [0.717, 1.165) is 52.0 Å². The Bertz CT molecular complexity index is 655. The number of carbonyl (C=O) groups is 1. The second-order valence-corrected chi connectivity index (χ2v) is 7.11. The van der Waals surface area contributed by atoms with E-state index in [1.807, 2.05) is 11.0 Å². The molecule has 3 rings (SSSR count). The molecule has 0 radical (unpaired) electrons. The third kappa shape index (κ3) is 3.70. The van der Waals surface area contributed by atoms with E-state index >= 15 is 0 Å². The molecule has 0 bridgehead atoms. The summed E-state index contributed by atoms with van der Waals surface area (Å²) < 4.78 is 5.27. The van der Waals surface area contributed by atoms with Crippen molar-refractivity contribution < 1.29 is 9.53 Å². The Morgan fingerprint density at radius 2 is 1.96 bits per heavy atom. The number of benzene rings is 1. The normalized spacial score (nSPS) is 24.2. The number of nitriles is 1. The van der Waals surface area contributed by atoms with Gasteiger partial charge in [0, 0.05) is 32.3 Å². The van der Waals surface area contributed by atoms with Gasteiger partial charge in [0.2, 0.25) is 0 Å². The molecule has 2 heterocycles. The quantitative estimate of drug-likeness (QED) is 0.845. The van der Waals surface area contributed by atoms with Gasteiger partial charge in [-0.1, -0.05) is 12.1 Å². The van der Waals surface area contributed by atoms with Gasteiger partial charge in [0.25, 0.3) is 5.91 Å². The molecule has 5 nitrogen and oxygen atoms in total. The number of rotatable bonds is 4. The Hall–Kier alpha value is -1.90. The second kappa shape index (κ2) is 7.99. The number of nitrogens with zero attached hydrogens (tertiary/aromatic N) is 3. The molecule has 0 saturated carbocycles. The van der Waals surface area contributed by atoms with E-state index in [2.05, 4.69) is 11.0 Å². The highest BCUT2D eigenvalue weighted by atomic mass is 16.5. The molecule has 0 N–H and O–H groups in total. The van der Waals surface area contributed by atoms with Crippen LogP contribution in [-0.2, 0) is 4.74 Å². The summed E-state index contributed by atoms with van der Waals surface area (Å²) in [5.41, 5.74) is 1.22. The van der Waals surface area contributed by atoms with Gasteiger partial charge in [-0.15, -0.1) is 0 Å². The van der Waals surface area contributed by atoms with Crippen molar-refractivity contribution in [3.63, 3.8) is 0 Å². The standard InChI is InChI=1S/C20H27N3O2/c1-25-15-14-23-12-5-9-20(23)8-4-11-22(13-10-20)19(24)18-7-3-2-6-17(18)16-21/h2-3,6-7H,4-5,8-15H2,1H3. The van der Waals surface area contributed by atoms with Gasteiger partial charge in [-0.25, -0.2) is 0 Å². The summed E-state index contributed by atoms with van der Waals surface area (Å²) in [7, 11) is 1.75. The number of hydrogen-bond acceptors (Lipinski definition) is 4. The Kier molecular flexibility index (Phi) is 5.72. The van der Waals surface area contributed by atoms with E-state index in [-0.39, 0.29) is 11.4 Å². The Labute approximate surface area is 150 Å². The molecule has 1 aromatic rings. The summed E-state index contributed by atoms with van der Waals surface area (Å²) in [6.45, 7) is 4.41. The SMILES string of the molecule is COCCN1CCCC12CCCN(C(=O)c1ccccc1C#N)CC2. The molecule has 1 amide bonds. The topological polar surface area (TPSA) is 56.6 Å². The molecule has 5 heteroatoms. The van der Waals surface area contributed by atoms with Crippen LogP contribution in [-0.4, -0.2) is 61.1 Å². The first-order valence-electron chi connectivity index (χ1n) is 9.22. The van der Waals surface area contributed by atoms with E-state index in [0.29, 0.717) is 11.1 Å². The van der Waals surface area contributed by atoms with Gasteiger partial charge in [0.15, 0.2) is 0 Å². The molecule has 0 aromatic heterocycles. The minimum absolute atomic E-state index is 0.00404. The summed E-state index contributed by atoms with van der Waals surface area (Å²) in [4.78, 5) is 17.4. The van der Waals surface area contributed by atoms with Gasteiger partial charge in [-0.3, -0.25) is 9.69 Å². The van der Waals surface area contributed by atoms with E-state index in [1.165, 1.54) is 12.8 Å². The third-order valence-corrected chi connectivity index (χ3v) is 5.79. The fourth-order valence-corrected chi connectivity index (χ4v) is 4.43. The molecule has 0 aliphatic carbocycles. The van der Waals surface area contributed by atoms with E-state index in [1.54, 1.807) is 25.3 Å². The number of methoxy groups -OCH3 is 1. The van der Waals surface area contributed by atoms with Gasteiger partial charge in [0.05, 0.1) is 23.8 Å². The number of hydrogen-bond donors (Lipinski definition) is 0. The van der Waals surface area contributed by atoms with E-state index in [4.69, 9.17) is 4.74 Å². The Balaban J connectivity index is 1.71. The summed E-state index contributed by atoms with van der Waals surface area (Å²) in [5.74, 6) is -0.00404. The van der Waals surface area contributed by atoms with Crippen LogP contribution in [0.4, 0.5) is 0 Å². The van der Waals surface area contributed by atoms with Crippen LogP contribution in [0, 0.1) is 11.3 Å². The van der Waals surface area contributed by atoms with Crippen LogP contribution < -0.4 is 0 Å². The van der Waals surface area contributed by atoms with Crippen LogP contribution in [0.1, 0.15) is 48.0 Å². The summed E-state index contributed by atoms with van der Waals surface area (Å²) in [5, 5.41) is 9.27. The summed E-state index contributed by atoms with van der Waals surface area (Å²) in [6, 6.07) is 9.26. The highest BCUT2D eigenvalue weighted by Crippen LogP contribution is 2.38. The summed E-state index contributed by atoms with van der Waals surface area (Å²) in [6.07, 6.45) is 5.62. The fourth-order valence-electron chi connectivity index (χ4n) is 4.43. The lowest BCUT2D eigenvalue weighted by molar-refractivity contribution is 0.0697. The number of carbonyl (C=O) groups excluding carboxylic acids is 1. The zero-order chi connectivity index (χ0) is 17.7. The van der Waals surface area contributed by atoms with Gasteiger partial charge in [-0.05, 0) is 50.8 Å². The zero-order valence-electron chi connectivity index (χ0n) is 15.0. The van der Waals surface area contributed by atoms with Gasteiger partial charge < -0.3 is 9.64 Å². The maximum absolute atomic E-state index is 12.9. The van der Waals surface area contributed by atoms with Crippen molar-refractivity contribution in [1.29, 1.82) is 5.26 Å². The number of ether oxygens (including phenoxy) is 1. The van der Waals surface area contributed by atoms with Crippen LogP contribution in [0.2, 0.25) is 0 Å². The third-order valence-electron chi connectivity index (χ3n) is 5.79. The Morgan fingerprint density at radius 3 is 2.72 bits per heavy atom. The molecule has 2 aliphatic heterocycles. The first-order valence-corrected chi connectivity index (χ1v) is 9.22. The van der Waals surface area contributed by atoms with Crippen molar-refractivity contribution in [2.45, 2.75) is 37.6 Å². The lowest BCUT2D eigenvalue weighted by Crippen LogP contribution is -2.46. The largest absolute Gasteiger partial charge is 0.383 e. The summed E-state index contributed by atoms with van der Waals surface area (Å²) >= 11 is 0. The second-order valence-electron chi connectivity index (χ2n) is 7.11. The molecular formula is C20H27N3O2. The number of amides is 1. The van der Waals surface area contributed by atoms with Crippen molar-refractivity contribution in [1.82, 2.24) is 9.80 Å². The van der Waals surface area contributed by atoms with Crippen LogP contribution in [0.25, 0.3) is 0 Å². The van der Waals surface area contributed by atoms with Crippen molar-refractivity contribution >= 4 is 5.91 Å². The number of likely N-dealkylation sites (tertiary alicyclic amines) is 2. The van der Waals surface area contributed by atoms with E-state index < -0.39 is 0 Å². The molecule has 134 valence electrons. The molecule has 25 heavy (non-hydrogen) atoms. The van der Waals surface area contributed by atoms with Crippen molar-refractivity contribution in [3.8, 4) is 6.07 Å². The molecule has 1 unspecified atom stereocenters. The van der Waals surface area contributed by atoms with Gasteiger partial charge in [0.1, 0.15) is 0 Å². The first-order chi connectivity index (χ1) is 12.2. The molecular weight excluding hydrogens is 314 g/mol. The maximum atomic E-state index is 12.9. The first kappa shape index (κ1) is 17.9. The highest BCUT2D eigenvalue weighted by Gasteiger charge is 2.41. The zero-order valence-corrected chi connectivity index (χ0v) is 15.0.